The van der Waals surface area contributed by atoms with Crippen molar-refractivity contribution in [2.45, 2.75) is 63.8 Å². The van der Waals surface area contributed by atoms with E-state index in [9.17, 15) is 0 Å². The maximum atomic E-state index is 3.69. The molecule has 2 aliphatic carbocycles. The van der Waals surface area contributed by atoms with Crippen LogP contribution in [0.25, 0.3) is 0 Å². The smallest absolute Gasteiger partial charge is 0.0138 e. The second-order valence-electron chi connectivity index (χ2n) is 5.89. The Labute approximate surface area is 87.7 Å². The van der Waals surface area contributed by atoms with Crippen LogP contribution >= 0.6 is 0 Å². The lowest BCUT2D eigenvalue weighted by Crippen LogP contribution is -2.65. The van der Waals surface area contributed by atoms with Crippen LogP contribution in [0.3, 0.4) is 0 Å². The van der Waals surface area contributed by atoms with Gasteiger partial charge in [-0.25, -0.2) is 0 Å². The average molecular weight is 193 g/mol. The van der Waals surface area contributed by atoms with Crippen LogP contribution in [0.4, 0.5) is 0 Å². The zero-order valence-corrected chi connectivity index (χ0v) is 9.23. The zero-order valence-electron chi connectivity index (χ0n) is 9.23. The summed E-state index contributed by atoms with van der Waals surface area (Å²) in [5.74, 6) is 1.07. The van der Waals surface area contributed by atoms with E-state index in [0.717, 1.165) is 17.4 Å². The molecule has 2 saturated carbocycles. The first-order valence-electron chi connectivity index (χ1n) is 6.62. The van der Waals surface area contributed by atoms with Crippen molar-refractivity contribution in [2.24, 2.45) is 11.3 Å². The number of nitrogens with one attached hydrogen (secondary N) is 1. The molecule has 1 N–H and O–H groups in total. The molecule has 3 aliphatic rings. The normalized spacial score (nSPS) is 36.4. The molecular weight excluding hydrogens is 170 g/mol. The largest absolute Gasteiger partial charge is 0.313 e. The van der Waals surface area contributed by atoms with Crippen molar-refractivity contribution in [3.05, 3.63) is 0 Å². The SMILES string of the molecule is C1CCC(CC2NCC23CCC3)CC1. The second kappa shape index (κ2) is 3.52. The van der Waals surface area contributed by atoms with Crippen LogP contribution in [0.2, 0.25) is 0 Å². The number of hydrogen-bond donors (Lipinski definition) is 1. The van der Waals surface area contributed by atoms with Crippen LogP contribution in [0.15, 0.2) is 0 Å². The summed E-state index contributed by atoms with van der Waals surface area (Å²) in [5, 5.41) is 3.69. The van der Waals surface area contributed by atoms with Gasteiger partial charge in [0.1, 0.15) is 0 Å². The molecule has 14 heavy (non-hydrogen) atoms. The van der Waals surface area contributed by atoms with Crippen molar-refractivity contribution in [3.8, 4) is 0 Å². The van der Waals surface area contributed by atoms with Gasteiger partial charge < -0.3 is 5.32 Å². The van der Waals surface area contributed by atoms with Gasteiger partial charge >= 0.3 is 0 Å². The summed E-state index contributed by atoms with van der Waals surface area (Å²) in [6.45, 7) is 1.34. The summed E-state index contributed by atoms with van der Waals surface area (Å²) in [6, 6.07) is 0.916. The van der Waals surface area contributed by atoms with Gasteiger partial charge in [-0.2, -0.15) is 0 Å². The molecular formula is C13H23N. The van der Waals surface area contributed by atoms with Crippen molar-refractivity contribution in [1.29, 1.82) is 0 Å². The van der Waals surface area contributed by atoms with E-state index in [2.05, 4.69) is 5.32 Å². The van der Waals surface area contributed by atoms with Gasteiger partial charge in [-0.15, -0.1) is 0 Å². The summed E-state index contributed by atoms with van der Waals surface area (Å²) in [6.07, 6.45) is 13.6. The van der Waals surface area contributed by atoms with Crippen LogP contribution in [0.1, 0.15) is 57.8 Å². The van der Waals surface area contributed by atoms with E-state index >= 15 is 0 Å². The molecule has 1 spiro atoms. The van der Waals surface area contributed by atoms with Crippen molar-refractivity contribution in [3.63, 3.8) is 0 Å². The van der Waals surface area contributed by atoms with E-state index in [-0.39, 0.29) is 0 Å². The minimum atomic E-state index is 0.803. The molecule has 1 atom stereocenters. The molecule has 0 aromatic rings. The summed E-state index contributed by atoms with van der Waals surface area (Å²) in [7, 11) is 0. The fourth-order valence-electron chi connectivity index (χ4n) is 3.78. The highest BCUT2D eigenvalue weighted by Crippen LogP contribution is 2.50. The Morgan fingerprint density at radius 3 is 2.29 bits per heavy atom. The third-order valence-electron chi connectivity index (χ3n) is 5.08. The van der Waals surface area contributed by atoms with Crippen molar-refractivity contribution >= 4 is 0 Å². The Hall–Kier alpha value is -0.0400. The van der Waals surface area contributed by atoms with Crippen LogP contribution in [-0.2, 0) is 0 Å². The Morgan fingerprint density at radius 1 is 1.00 bits per heavy atom. The average Bonchev–Trinajstić information content (AvgIpc) is 2.12. The van der Waals surface area contributed by atoms with Crippen molar-refractivity contribution in [2.75, 3.05) is 6.54 Å². The molecule has 0 radical (unpaired) electrons. The van der Waals surface area contributed by atoms with Gasteiger partial charge in [0.25, 0.3) is 0 Å². The highest BCUT2D eigenvalue weighted by Gasteiger charge is 2.50. The Kier molecular flexibility index (Phi) is 2.31. The zero-order chi connectivity index (χ0) is 9.43. The maximum absolute atomic E-state index is 3.69. The second-order valence-corrected chi connectivity index (χ2v) is 5.89. The fourth-order valence-corrected chi connectivity index (χ4v) is 3.78. The quantitative estimate of drug-likeness (QED) is 0.710. The van der Waals surface area contributed by atoms with Gasteiger partial charge in [0.05, 0.1) is 0 Å². The topological polar surface area (TPSA) is 12.0 Å². The van der Waals surface area contributed by atoms with Gasteiger partial charge in [0.15, 0.2) is 0 Å². The van der Waals surface area contributed by atoms with E-state index < -0.39 is 0 Å². The molecule has 1 saturated heterocycles. The monoisotopic (exact) mass is 193 g/mol. The molecule has 0 bridgehead atoms. The van der Waals surface area contributed by atoms with E-state index in [0.29, 0.717) is 0 Å². The van der Waals surface area contributed by atoms with E-state index in [1.807, 2.05) is 0 Å². The molecule has 0 aromatic heterocycles. The summed E-state index contributed by atoms with van der Waals surface area (Å²) in [4.78, 5) is 0. The summed E-state index contributed by atoms with van der Waals surface area (Å²) in [5.41, 5.74) is 0.803. The van der Waals surface area contributed by atoms with Gasteiger partial charge in [0.2, 0.25) is 0 Å². The highest BCUT2D eigenvalue weighted by atomic mass is 15.1. The van der Waals surface area contributed by atoms with E-state index in [4.69, 9.17) is 0 Å². The molecule has 0 aromatic carbocycles. The lowest BCUT2D eigenvalue weighted by molar-refractivity contribution is -0.0183. The van der Waals surface area contributed by atoms with E-state index in [1.54, 1.807) is 0 Å². The molecule has 1 aliphatic heterocycles. The molecule has 1 unspecified atom stereocenters. The molecule has 3 fully saturated rings. The van der Waals surface area contributed by atoms with E-state index in [1.165, 1.54) is 64.3 Å². The van der Waals surface area contributed by atoms with Gasteiger partial charge in [-0.05, 0) is 30.6 Å². The first kappa shape index (κ1) is 9.21. The molecule has 0 amide bonds. The summed E-state index contributed by atoms with van der Waals surface area (Å²) < 4.78 is 0. The van der Waals surface area contributed by atoms with Crippen LogP contribution < -0.4 is 5.32 Å². The predicted octanol–water partition coefficient (Wildman–Crippen LogP) is 3.10. The van der Waals surface area contributed by atoms with Gasteiger partial charge in [0, 0.05) is 12.6 Å². The third kappa shape index (κ3) is 1.41. The van der Waals surface area contributed by atoms with Gasteiger partial charge in [-0.1, -0.05) is 38.5 Å². The van der Waals surface area contributed by atoms with Crippen LogP contribution in [0.5, 0.6) is 0 Å². The molecule has 1 heteroatoms. The Balaban J connectivity index is 1.51. The molecule has 1 nitrogen and oxygen atoms in total. The third-order valence-corrected chi connectivity index (χ3v) is 5.08. The first-order chi connectivity index (χ1) is 6.89. The molecule has 3 rings (SSSR count). The molecule has 80 valence electrons. The minimum absolute atomic E-state index is 0.803. The minimum Gasteiger partial charge on any atom is -0.313 e. The van der Waals surface area contributed by atoms with Crippen LogP contribution in [0, 0.1) is 11.3 Å². The van der Waals surface area contributed by atoms with Gasteiger partial charge in [-0.3, -0.25) is 0 Å². The Morgan fingerprint density at radius 2 is 1.79 bits per heavy atom. The maximum Gasteiger partial charge on any atom is 0.0138 e. The number of hydrogen-bond acceptors (Lipinski definition) is 1. The Bertz CT molecular complexity index is 196. The first-order valence-corrected chi connectivity index (χ1v) is 6.62. The lowest BCUT2D eigenvalue weighted by atomic mass is 9.57. The van der Waals surface area contributed by atoms with Crippen molar-refractivity contribution < 1.29 is 0 Å². The molecule has 1 heterocycles. The standard InChI is InChI=1S/C13H23N/c1-2-5-11(6-3-1)9-12-13(10-14-12)7-4-8-13/h11-12,14H,1-10H2. The van der Waals surface area contributed by atoms with Crippen molar-refractivity contribution in [1.82, 2.24) is 5.32 Å². The highest BCUT2D eigenvalue weighted by molar-refractivity contribution is 5.06. The number of rotatable bonds is 2. The lowest BCUT2D eigenvalue weighted by Gasteiger charge is -2.57. The fraction of sp³-hybridized carbons (Fsp3) is 1.00. The van der Waals surface area contributed by atoms with Crippen LogP contribution in [-0.4, -0.2) is 12.6 Å². The summed E-state index contributed by atoms with van der Waals surface area (Å²) >= 11 is 0. The predicted molar refractivity (Wildman–Crippen MR) is 59.3 cm³/mol.